The second-order valence-corrected chi connectivity index (χ2v) is 4.25. The Kier molecular flexibility index (Phi) is 1.88. The van der Waals surface area contributed by atoms with Gasteiger partial charge in [0.1, 0.15) is 5.54 Å². The average molecular weight is 218 g/mol. The molecule has 0 aromatic heterocycles. The molecule has 1 aliphatic rings. The van der Waals surface area contributed by atoms with E-state index in [1.54, 1.807) is 25.1 Å². The van der Waals surface area contributed by atoms with Crippen LogP contribution < -0.4 is 5.73 Å². The Morgan fingerprint density at radius 1 is 1.43 bits per heavy atom. The molecule has 1 saturated carbocycles. The molecular formula is C10H10ClF2N. The van der Waals surface area contributed by atoms with Gasteiger partial charge in [-0.3, -0.25) is 0 Å². The van der Waals surface area contributed by atoms with Gasteiger partial charge < -0.3 is 5.73 Å². The van der Waals surface area contributed by atoms with Gasteiger partial charge in [0, 0.05) is 11.4 Å². The van der Waals surface area contributed by atoms with Crippen LogP contribution in [-0.2, 0) is 5.54 Å². The number of nitrogens with two attached hydrogens (primary N) is 1. The summed E-state index contributed by atoms with van der Waals surface area (Å²) in [5.41, 5.74) is 5.35. The Labute approximate surface area is 85.9 Å². The largest absolute Gasteiger partial charge is 0.316 e. The van der Waals surface area contributed by atoms with Gasteiger partial charge in [-0.05, 0) is 30.2 Å². The van der Waals surface area contributed by atoms with Crippen LogP contribution >= 0.6 is 11.6 Å². The fourth-order valence-corrected chi connectivity index (χ4v) is 1.95. The van der Waals surface area contributed by atoms with Gasteiger partial charge in [-0.15, -0.1) is 0 Å². The molecule has 76 valence electrons. The summed E-state index contributed by atoms with van der Waals surface area (Å²) in [6.45, 7) is 1.74. The minimum Gasteiger partial charge on any atom is -0.316 e. The molecule has 1 aliphatic carbocycles. The lowest BCUT2D eigenvalue weighted by molar-refractivity contribution is 0.0889. The van der Waals surface area contributed by atoms with Gasteiger partial charge in [0.25, 0.3) is 5.92 Å². The van der Waals surface area contributed by atoms with Gasteiger partial charge >= 0.3 is 0 Å². The van der Waals surface area contributed by atoms with Gasteiger partial charge in [0.15, 0.2) is 0 Å². The fraction of sp³-hybridized carbons (Fsp3) is 0.400. The van der Waals surface area contributed by atoms with Gasteiger partial charge in [-0.2, -0.15) is 0 Å². The molecule has 1 atom stereocenters. The third-order valence-electron chi connectivity index (χ3n) is 2.70. The lowest BCUT2D eigenvalue weighted by Gasteiger charge is -2.13. The molecular weight excluding hydrogens is 208 g/mol. The van der Waals surface area contributed by atoms with Crippen molar-refractivity contribution in [3.8, 4) is 0 Å². The summed E-state index contributed by atoms with van der Waals surface area (Å²) in [6.07, 6.45) is -0.275. The summed E-state index contributed by atoms with van der Waals surface area (Å²) in [6, 6.07) is 4.82. The van der Waals surface area contributed by atoms with E-state index >= 15 is 0 Å². The Bertz CT molecular complexity index is 392. The number of aryl methyl sites for hydroxylation is 1. The zero-order valence-corrected chi connectivity index (χ0v) is 8.41. The quantitative estimate of drug-likeness (QED) is 0.769. The van der Waals surface area contributed by atoms with Crippen LogP contribution in [0, 0.1) is 6.92 Å². The molecule has 1 aromatic rings. The maximum atomic E-state index is 13.0. The molecule has 0 spiro atoms. The Morgan fingerprint density at radius 2 is 2.00 bits per heavy atom. The van der Waals surface area contributed by atoms with E-state index in [0.29, 0.717) is 10.6 Å². The van der Waals surface area contributed by atoms with Crippen LogP contribution in [0.3, 0.4) is 0 Å². The highest BCUT2D eigenvalue weighted by atomic mass is 35.5. The normalized spacial score (nSPS) is 28.9. The number of benzene rings is 1. The Hall–Kier alpha value is -0.670. The first-order valence-electron chi connectivity index (χ1n) is 4.30. The summed E-state index contributed by atoms with van der Waals surface area (Å²) in [7, 11) is 0. The van der Waals surface area contributed by atoms with E-state index in [1.807, 2.05) is 0 Å². The molecule has 1 aromatic carbocycles. The molecule has 4 heteroatoms. The molecule has 14 heavy (non-hydrogen) atoms. The molecule has 0 saturated heterocycles. The van der Waals surface area contributed by atoms with E-state index in [9.17, 15) is 8.78 Å². The fourth-order valence-electron chi connectivity index (χ4n) is 1.73. The van der Waals surface area contributed by atoms with E-state index in [4.69, 9.17) is 17.3 Å². The molecule has 2 N–H and O–H groups in total. The summed E-state index contributed by atoms with van der Waals surface area (Å²) in [5.74, 6) is -2.77. The third kappa shape index (κ3) is 1.23. The van der Waals surface area contributed by atoms with Crippen molar-refractivity contribution in [2.45, 2.75) is 24.8 Å². The van der Waals surface area contributed by atoms with Gasteiger partial charge in [0.05, 0.1) is 0 Å². The molecule has 0 amide bonds. The predicted molar refractivity (Wildman–Crippen MR) is 51.6 cm³/mol. The highest BCUT2D eigenvalue weighted by Crippen LogP contribution is 2.58. The van der Waals surface area contributed by atoms with Gasteiger partial charge in [-0.1, -0.05) is 17.7 Å². The number of hydrogen-bond acceptors (Lipinski definition) is 1. The van der Waals surface area contributed by atoms with Crippen LogP contribution in [0.4, 0.5) is 8.78 Å². The number of rotatable bonds is 1. The maximum Gasteiger partial charge on any atom is 0.272 e. The first-order valence-corrected chi connectivity index (χ1v) is 4.68. The lowest BCUT2D eigenvalue weighted by Crippen LogP contribution is -2.28. The van der Waals surface area contributed by atoms with Gasteiger partial charge in [-0.25, -0.2) is 8.78 Å². The molecule has 0 radical (unpaired) electrons. The van der Waals surface area contributed by atoms with Crippen molar-refractivity contribution in [3.05, 3.63) is 34.3 Å². The molecule has 1 unspecified atom stereocenters. The molecule has 0 aliphatic heterocycles. The topological polar surface area (TPSA) is 26.0 Å². The monoisotopic (exact) mass is 217 g/mol. The van der Waals surface area contributed by atoms with Crippen LogP contribution in [0.1, 0.15) is 17.5 Å². The van der Waals surface area contributed by atoms with E-state index in [1.165, 1.54) is 0 Å². The first kappa shape index (κ1) is 9.87. The summed E-state index contributed by atoms with van der Waals surface area (Å²) in [4.78, 5) is 0. The zero-order valence-electron chi connectivity index (χ0n) is 7.65. The Balaban J connectivity index is 2.45. The summed E-state index contributed by atoms with van der Waals surface area (Å²) in [5, 5.41) is 0.541. The minimum atomic E-state index is -2.77. The van der Waals surface area contributed by atoms with Crippen molar-refractivity contribution in [3.63, 3.8) is 0 Å². The van der Waals surface area contributed by atoms with Crippen LogP contribution in [0.2, 0.25) is 5.02 Å². The van der Waals surface area contributed by atoms with Crippen molar-refractivity contribution < 1.29 is 8.78 Å². The molecule has 2 rings (SSSR count). The molecule has 1 nitrogen and oxygen atoms in total. The van der Waals surface area contributed by atoms with Crippen LogP contribution in [0.15, 0.2) is 18.2 Å². The zero-order chi connectivity index (χ0) is 10.6. The van der Waals surface area contributed by atoms with E-state index in [2.05, 4.69) is 0 Å². The minimum absolute atomic E-state index is 0.275. The van der Waals surface area contributed by atoms with Crippen molar-refractivity contribution in [2.75, 3.05) is 0 Å². The Morgan fingerprint density at radius 3 is 2.43 bits per heavy atom. The number of hydrogen-bond donors (Lipinski definition) is 1. The van der Waals surface area contributed by atoms with Crippen molar-refractivity contribution in [2.24, 2.45) is 5.73 Å². The molecule has 0 bridgehead atoms. The SMILES string of the molecule is Cc1cc(Cl)ccc1C1(N)CC1(F)F. The molecule has 1 fully saturated rings. The van der Waals surface area contributed by atoms with Crippen LogP contribution in [0.25, 0.3) is 0 Å². The number of halogens is 3. The van der Waals surface area contributed by atoms with Gasteiger partial charge in [0.2, 0.25) is 0 Å². The third-order valence-corrected chi connectivity index (χ3v) is 2.93. The second-order valence-electron chi connectivity index (χ2n) is 3.81. The maximum absolute atomic E-state index is 13.0. The lowest BCUT2D eigenvalue weighted by atomic mass is 10.00. The van der Waals surface area contributed by atoms with Crippen molar-refractivity contribution >= 4 is 11.6 Å². The second kappa shape index (κ2) is 2.67. The van der Waals surface area contributed by atoms with Crippen LogP contribution in [0.5, 0.6) is 0 Å². The average Bonchev–Trinajstić information content (AvgIpc) is 2.50. The highest BCUT2D eigenvalue weighted by molar-refractivity contribution is 6.30. The van der Waals surface area contributed by atoms with E-state index < -0.39 is 11.5 Å². The number of alkyl halides is 2. The standard InChI is InChI=1S/C10H10ClF2N/c1-6-4-7(11)2-3-8(6)9(14)5-10(9,12)13/h2-4H,5,14H2,1H3. The predicted octanol–water partition coefficient (Wildman–Crippen LogP) is 2.84. The summed E-state index contributed by atoms with van der Waals surface area (Å²) < 4.78 is 26.0. The summed E-state index contributed by atoms with van der Waals surface area (Å²) >= 11 is 5.73. The van der Waals surface area contributed by atoms with Crippen molar-refractivity contribution in [1.82, 2.24) is 0 Å². The molecule has 0 heterocycles. The van der Waals surface area contributed by atoms with Crippen molar-refractivity contribution in [1.29, 1.82) is 0 Å². The first-order chi connectivity index (χ1) is 6.37. The highest BCUT2D eigenvalue weighted by Gasteiger charge is 2.70. The van der Waals surface area contributed by atoms with E-state index in [-0.39, 0.29) is 6.42 Å². The van der Waals surface area contributed by atoms with E-state index in [0.717, 1.165) is 5.56 Å². The smallest absolute Gasteiger partial charge is 0.272 e. The van der Waals surface area contributed by atoms with Crippen LogP contribution in [-0.4, -0.2) is 5.92 Å².